The molecule has 4 nitrogen and oxygen atoms in total. The van der Waals surface area contributed by atoms with Crippen LogP contribution in [0.5, 0.6) is 0 Å². The van der Waals surface area contributed by atoms with Gasteiger partial charge in [0, 0.05) is 28.5 Å². The fourth-order valence-electron chi connectivity index (χ4n) is 3.47. The maximum absolute atomic E-state index is 13.0. The normalized spacial score (nSPS) is 13.0. The van der Waals surface area contributed by atoms with E-state index in [0.717, 1.165) is 24.1 Å². The lowest BCUT2D eigenvalue weighted by Gasteiger charge is -2.30. The van der Waals surface area contributed by atoms with E-state index < -0.39 is 0 Å². The Morgan fingerprint density at radius 2 is 1.72 bits per heavy atom. The molecule has 0 aromatic heterocycles. The van der Waals surface area contributed by atoms with Crippen LogP contribution in [0.25, 0.3) is 0 Å². The van der Waals surface area contributed by atoms with Gasteiger partial charge in [0.2, 0.25) is 0 Å². The van der Waals surface area contributed by atoms with E-state index in [4.69, 9.17) is 23.2 Å². The number of fused-ring (bicyclic) bond motifs is 1. The molecule has 0 atom stereocenters. The summed E-state index contributed by atoms with van der Waals surface area (Å²) in [6.45, 7) is 0.637. The predicted molar refractivity (Wildman–Crippen MR) is 117 cm³/mol. The number of rotatable bonds is 3. The molecule has 3 aromatic carbocycles. The van der Waals surface area contributed by atoms with Crippen molar-refractivity contribution < 1.29 is 9.59 Å². The Morgan fingerprint density at radius 3 is 2.52 bits per heavy atom. The maximum Gasteiger partial charge on any atom is 0.258 e. The first-order valence-corrected chi connectivity index (χ1v) is 10.0. The highest BCUT2D eigenvalue weighted by atomic mass is 35.5. The molecule has 0 unspecified atom stereocenters. The minimum absolute atomic E-state index is 0.0482. The lowest BCUT2D eigenvalue weighted by Crippen LogP contribution is -2.35. The van der Waals surface area contributed by atoms with Crippen molar-refractivity contribution in [3.63, 3.8) is 0 Å². The summed E-state index contributed by atoms with van der Waals surface area (Å²) in [5.41, 5.74) is 3.44. The van der Waals surface area contributed by atoms with Gasteiger partial charge in [0.15, 0.2) is 0 Å². The lowest BCUT2D eigenvalue weighted by molar-refractivity contribution is 0.0984. The smallest absolute Gasteiger partial charge is 0.258 e. The summed E-state index contributed by atoms with van der Waals surface area (Å²) >= 11 is 12.1. The minimum Gasteiger partial charge on any atom is -0.322 e. The molecule has 0 bridgehead atoms. The lowest BCUT2D eigenvalue weighted by atomic mass is 10.00. The van der Waals surface area contributed by atoms with Gasteiger partial charge >= 0.3 is 0 Å². The summed E-state index contributed by atoms with van der Waals surface area (Å²) in [5, 5.41) is 3.62. The summed E-state index contributed by atoms with van der Waals surface area (Å²) in [6.07, 6.45) is 1.79. The second kappa shape index (κ2) is 8.27. The highest BCUT2D eigenvalue weighted by Crippen LogP contribution is 2.32. The van der Waals surface area contributed by atoms with Gasteiger partial charge in [-0.2, -0.15) is 0 Å². The SMILES string of the molecule is O=C(Nc1ccc2c(c1)N(C(=O)c1ccccc1)CCC2)c1cc(Cl)ccc1Cl. The molecule has 0 saturated heterocycles. The van der Waals surface area contributed by atoms with Crippen LogP contribution in [-0.4, -0.2) is 18.4 Å². The van der Waals surface area contributed by atoms with Crippen LogP contribution in [-0.2, 0) is 6.42 Å². The quantitative estimate of drug-likeness (QED) is 0.573. The third-order valence-corrected chi connectivity index (χ3v) is 5.47. The highest BCUT2D eigenvalue weighted by molar-refractivity contribution is 6.36. The molecule has 0 radical (unpaired) electrons. The van der Waals surface area contributed by atoms with E-state index in [-0.39, 0.29) is 11.8 Å². The van der Waals surface area contributed by atoms with Crippen molar-refractivity contribution in [1.82, 2.24) is 0 Å². The van der Waals surface area contributed by atoms with Crippen LogP contribution in [0.3, 0.4) is 0 Å². The highest BCUT2D eigenvalue weighted by Gasteiger charge is 2.24. The first kappa shape index (κ1) is 19.5. The number of nitrogens with one attached hydrogen (secondary N) is 1. The summed E-state index contributed by atoms with van der Waals surface area (Å²) in [6, 6.07) is 19.6. The van der Waals surface area contributed by atoms with E-state index in [1.54, 1.807) is 17.0 Å². The number of aryl methyl sites for hydroxylation is 1. The van der Waals surface area contributed by atoms with Crippen molar-refractivity contribution in [1.29, 1.82) is 0 Å². The van der Waals surface area contributed by atoms with Crippen molar-refractivity contribution in [3.05, 3.63) is 93.5 Å². The van der Waals surface area contributed by atoms with Crippen molar-refractivity contribution in [3.8, 4) is 0 Å². The van der Waals surface area contributed by atoms with E-state index in [2.05, 4.69) is 5.32 Å². The number of carbonyl (C=O) groups excluding carboxylic acids is 2. The third kappa shape index (κ3) is 4.14. The number of hydrogen-bond acceptors (Lipinski definition) is 2. The molecule has 3 aromatic rings. The largest absolute Gasteiger partial charge is 0.322 e. The van der Waals surface area contributed by atoms with E-state index in [1.165, 1.54) is 6.07 Å². The Kier molecular flexibility index (Phi) is 5.56. The van der Waals surface area contributed by atoms with Gasteiger partial charge < -0.3 is 10.2 Å². The Bertz CT molecular complexity index is 1080. The van der Waals surface area contributed by atoms with Crippen LogP contribution in [0.2, 0.25) is 10.0 Å². The molecule has 1 heterocycles. The first-order valence-electron chi connectivity index (χ1n) is 9.29. The zero-order chi connectivity index (χ0) is 20.4. The van der Waals surface area contributed by atoms with Crippen LogP contribution in [0, 0.1) is 0 Å². The predicted octanol–water partition coefficient (Wildman–Crippen LogP) is 5.84. The van der Waals surface area contributed by atoms with Gasteiger partial charge in [0.05, 0.1) is 10.6 Å². The van der Waals surface area contributed by atoms with Crippen molar-refractivity contribution in [2.75, 3.05) is 16.8 Å². The Labute approximate surface area is 179 Å². The zero-order valence-electron chi connectivity index (χ0n) is 15.5. The molecule has 146 valence electrons. The second-order valence-electron chi connectivity index (χ2n) is 6.85. The minimum atomic E-state index is -0.353. The van der Waals surface area contributed by atoms with Gasteiger partial charge in [-0.15, -0.1) is 0 Å². The molecule has 0 saturated carbocycles. The summed E-state index contributed by atoms with van der Waals surface area (Å²) in [4.78, 5) is 27.4. The molecule has 29 heavy (non-hydrogen) atoms. The van der Waals surface area contributed by atoms with Gasteiger partial charge in [0.25, 0.3) is 11.8 Å². The molecule has 2 amide bonds. The molecule has 0 aliphatic carbocycles. The van der Waals surface area contributed by atoms with Crippen LogP contribution in [0.1, 0.15) is 32.7 Å². The molecular weight excluding hydrogens is 407 g/mol. The number of benzene rings is 3. The summed E-state index contributed by atoms with van der Waals surface area (Å²) in [7, 11) is 0. The standard InChI is InChI=1S/C23H18Cl2N2O2/c24-17-9-11-20(25)19(13-17)22(28)26-18-10-8-15-7-4-12-27(21(15)14-18)23(29)16-5-2-1-3-6-16/h1-3,5-6,8-11,13-14H,4,7,12H2,(H,26,28). The number of carbonyl (C=O) groups is 2. The number of anilines is 2. The number of nitrogens with zero attached hydrogens (tertiary/aromatic N) is 1. The van der Waals surface area contributed by atoms with Crippen molar-refractivity contribution in [2.24, 2.45) is 0 Å². The van der Waals surface area contributed by atoms with Gasteiger partial charge in [-0.3, -0.25) is 9.59 Å². The van der Waals surface area contributed by atoms with Gasteiger partial charge in [0.1, 0.15) is 0 Å². The van der Waals surface area contributed by atoms with Crippen LogP contribution < -0.4 is 10.2 Å². The zero-order valence-corrected chi connectivity index (χ0v) is 17.0. The monoisotopic (exact) mass is 424 g/mol. The molecule has 1 N–H and O–H groups in total. The van der Waals surface area contributed by atoms with E-state index >= 15 is 0 Å². The average Bonchev–Trinajstić information content (AvgIpc) is 2.75. The fourth-order valence-corrected chi connectivity index (χ4v) is 3.85. The van der Waals surface area contributed by atoms with Gasteiger partial charge in [-0.25, -0.2) is 0 Å². The summed E-state index contributed by atoms with van der Waals surface area (Å²) < 4.78 is 0. The fraction of sp³-hybridized carbons (Fsp3) is 0.130. The average molecular weight is 425 g/mol. The van der Waals surface area contributed by atoms with Crippen LogP contribution >= 0.6 is 23.2 Å². The summed E-state index contributed by atoms with van der Waals surface area (Å²) in [5.74, 6) is -0.401. The van der Waals surface area contributed by atoms with Crippen molar-refractivity contribution in [2.45, 2.75) is 12.8 Å². The van der Waals surface area contributed by atoms with E-state index in [0.29, 0.717) is 33.4 Å². The van der Waals surface area contributed by atoms with E-state index in [9.17, 15) is 9.59 Å². The molecule has 0 spiro atoms. The molecule has 0 fully saturated rings. The second-order valence-corrected chi connectivity index (χ2v) is 7.69. The van der Waals surface area contributed by atoms with Gasteiger partial charge in [-0.1, -0.05) is 47.5 Å². The topological polar surface area (TPSA) is 49.4 Å². The van der Waals surface area contributed by atoms with Crippen LogP contribution in [0.15, 0.2) is 66.7 Å². The van der Waals surface area contributed by atoms with Crippen LogP contribution in [0.4, 0.5) is 11.4 Å². The Hall–Kier alpha value is -2.82. The first-order chi connectivity index (χ1) is 14.0. The van der Waals surface area contributed by atoms with E-state index in [1.807, 2.05) is 48.5 Å². The molecule has 1 aliphatic rings. The molecule has 4 rings (SSSR count). The molecule has 1 aliphatic heterocycles. The maximum atomic E-state index is 13.0. The van der Waals surface area contributed by atoms with Gasteiger partial charge in [-0.05, 0) is 60.9 Å². The number of amides is 2. The number of hydrogen-bond donors (Lipinski definition) is 1. The number of halogens is 2. The Balaban J connectivity index is 1.62. The molecular formula is C23H18Cl2N2O2. The Morgan fingerprint density at radius 1 is 0.931 bits per heavy atom. The third-order valence-electron chi connectivity index (χ3n) is 4.90. The van der Waals surface area contributed by atoms with Crippen molar-refractivity contribution >= 4 is 46.4 Å². The molecule has 6 heteroatoms.